The molecule has 0 spiro atoms. The first-order chi connectivity index (χ1) is 9.67. The fourth-order valence-electron chi connectivity index (χ4n) is 2.45. The normalized spacial score (nSPS) is 30.2. The number of H-pyrrole nitrogens is 1. The van der Waals surface area contributed by atoms with E-state index in [4.69, 9.17) is 9.84 Å². The quantitative estimate of drug-likeness (QED) is 0.458. The largest absolute Gasteiger partial charge is 0.394 e. The number of aromatic amines is 1. The Labute approximate surface area is 119 Å². The van der Waals surface area contributed by atoms with E-state index in [0.29, 0.717) is 11.3 Å². The van der Waals surface area contributed by atoms with Crippen LogP contribution in [0.5, 0.6) is 0 Å². The molecule has 20 heavy (non-hydrogen) atoms. The van der Waals surface area contributed by atoms with Crippen LogP contribution in [0.2, 0.25) is 0 Å². The van der Waals surface area contributed by atoms with Crippen LogP contribution in [-0.4, -0.2) is 61.4 Å². The minimum absolute atomic E-state index is 0.345. The van der Waals surface area contributed by atoms with E-state index in [1.807, 2.05) is 6.26 Å². The van der Waals surface area contributed by atoms with Crippen LogP contribution >= 0.6 is 11.8 Å². The third kappa shape index (κ3) is 2.00. The second-order valence-corrected chi connectivity index (χ2v) is 5.40. The molecule has 0 amide bonds. The van der Waals surface area contributed by atoms with E-state index in [2.05, 4.69) is 15.0 Å². The van der Waals surface area contributed by atoms with Gasteiger partial charge in [0.25, 0.3) is 0 Å². The maximum absolute atomic E-state index is 10.1. The van der Waals surface area contributed by atoms with Gasteiger partial charge in [-0.05, 0) is 6.26 Å². The molecule has 3 heterocycles. The molecule has 3 aliphatic heterocycles. The number of thioether (sulfide) groups is 1. The molecule has 4 N–H and O–H groups in total. The van der Waals surface area contributed by atoms with E-state index in [1.54, 1.807) is 12.5 Å². The molecule has 0 radical (unpaired) electrons. The van der Waals surface area contributed by atoms with Gasteiger partial charge in [0.05, 0.1) is 18.6 Å². The number of aliphatic hydroxyl groups excluding tert-OH is 3. The van der Waals surface area contributed by atoms with Crippen LogP contribution in [0.15, 0.2) is 17.6 Å². The summed E-state index contributed by atoms with van der Waals surface area (Å²) in [7, 11) is 0. The van der Waals surface area contributed by atoms with Crippen LogP contribution in [0.25, 0.3) is 11.4 Å². The summed E-state index contributed by atoms with van der Waals surface area (Å²) in [6, 6.07) is 0. The maximum atomic E-state index is 10.1. The lowest BCUT2D eigenvalue weighted by molar-refractivity contribution is -0.0226. The summed E-state index contributed by atoms with van der Waals surface area (Å²) in [5.41, 5.74) is 2.08. The molecule has 1 fully saturated rings. The van der Waals surface area contributed by atoms with Crippen molar-refractivity contribution in [2.45, 2.75) is 29.4 Å². The number of nitrogens with zero attached hydrogens (tertiary/aromatic N) is 2. The van der Waals surface area contributed by atoms with Crippen LogP contribution in [0, 0.1) is 0 Å². The summed E-state index contributed by atoms with van der Waals surface area (Å²) in [6.07, 6.45) is 1.34. The average molecular weight is 297 g/mol. The predicted octanol–water partition coefficient (Wildman–Crippen LogP) is -0.215. The molecule has 0 aromatic heterocycles. The Kier molecular flexibility index (Phi) is 3.65. The molecular weight excluding hydrogens is 282 g/mol. The minimum atomic E-state index is -1.11. The lowest BCUT2D eigenvalue weighted by Crippen LogP contribution is -2.32. The lowest BCUT2D eigenvalue weighted by Gasteiger charge is -2.15. The highest BCUT2D eigenvalue weighted by Crippen LogP contribution is 2.40. The highest BCUT2D eigenvalue weighted by Gasteiger charge is 2.44. The topological polar surface area (TPSA) is 111 Å². The summed E-state index contributed by atoms with van der Waals surface area (Å²) in [5.74, 6) is 0. The van der Waals surface area contributed by atoms with Crippen LogP contribution in [0.1, 0.15) is 11.7 Å². The molecule has 4 atom stereocenters. The Morgan fingerprint density at radius 2 is 2.15 bits per heavy atom. The van der Waals surface area contributed by atoms with Gasteiger partial charge in [-0.15, -0.1) is 11.8 Å². The van der Waals surface area contributed by atoms with E-state index in [1.165, 1.54) is 11.8 Å². The number of hydrogen-bond donors (Lipinski definition) is 4. The highest BCUT2D eigenvalue weighted by atomic mass is 32.2. The van der Waals surface area contributed by atoms with E-state index in [0.717, 1.165) is 10.7 Å². The molecule has 3 aliphatic rings. The molecule has 0 aromatic carbocycles. The first-order valence-corrected chi connectivity index (χ1v) is 7.38. The Morgan fingerprint density at radius 1 is 1.35 bits per heavy atom. The van der Waals surface area contributed by atoms with Crippen molar-refractivity contribution in [1.82, 2.24) is 15.0 Å². The monoisotopic (exact) mass is 297 g/mol. The van der Waals surface area contributed by atoms with Crippen molar-refractivity contribution in [3.63, 3.8) is 0 Å². The summed E-state index contributed by atoms with van der Waals surface area (Å²) >= 11 is 1.47. The molecule has 0 aromatic rings. The van der Waals surface area contributed by atoms with Gasteiger partial charge < -0.3 is 25.0 Å². The van der Waals surface area contributed by atoms with E-state index in [9.17, 15) is 10.2 Å². The zero-order chi connectivity index (χ0) is 14.3. The van der Waals surface area contributed by atoms with Crippen molar-refractivity contribution in [3.05, 3.63) is 18.1 Å². The summed E-state index contributed by atoms with van der Waals surface area (Å²) in [6.45, 7) is -0.345. The van der Waals surface area contributed by atoms with Gasteiger partial charge in [-0.1, -0.05) is 0 Å². The number of aromatic nitrogens is 3. The third-order valence-electron chi connectivity index (χ3n) is 3.49. The first kappa shape index (κ1) is 13.8. The standard InChI is InChI=1S/C12H15N3O4S/c1-20-12-8-7(14-4-15-12)5(2-13-8)11-10(18)9(17)6(3-16)19-11/h2,4,6,9-11,16-18H,3H2,1H3,(H,14,15)/t6-,9-,10-,11+/m1/s1. The SMILES string of the molecule is CSc1nc[nH]c2c([C@@H]3O[C@H](CO)[C@@H](O)[C@H]3O)cnc1-2. The fourth-order valence-corrected chi connectivity index (χ4v) is 2.96. The first-order valence-electron chi connectivity index (χ1n) is 6.15. The molecule has 0 aliphatic carbocycles. The maximum Gasteiger partial charge on any atom is 0.125 e. The van der Waals surface area contributed by atoms with Gasteiger partial charge in [-0.3, -0.25) is 4.98 Å². The summed E-state index contributed by atoms with van der Waals surface area (Å²) in [5, 5.41) is 29.8. The van der Waals surface area contributed by atoms with Gasteiger partial charge in [0.1, 0.15) is 35.1 Å². The van der Waals surface area contributed by atoms with Crippen LogP contribution in [0.3, 0.4) is 0 Å². The minimum Gasteiger partial charge on any atom is -0.394 e. The second-order valence-electron chi connectivity index (χ2n) is 4.61. The molecule has 0 unspecified atom stereocenters. The molecule has 7 nitrogen and oxygen atoms in total. The lowest BCUT2D eigenvalue weighted by atomic mass is 10.0. The Bertz CT molecular complexity index is 578. The molecule has 0 saturated carbocycles. The van der Waals surface area contributed by atoms with Crippen molar-refractivity contribution in [3.8, 4) is 11.4 Å². The highest BCUT2D eigenvalue weighted by molar-refractivity contribution is 7.98. The van der Waals surface area contributed by atoms with Crippen LogP contribution in [0.4, 0.5) is 0 Å². The van der Waals surface area contributed by atoms with Gasteiger partial charge in [0, 0.05) is 11.8 Å². The number of ether oxygens (including phenoxy) is 1. The Morgan fingerprint density at radius 3 is 2.80 bits per heavy atom. The zero-order valence-corrected chi connectivity index (χ0v) is 11.5. The van der Waals surface area contributed by atoms with Gasteiger partial charge in [-0.25, -0.2) is 4.98 Å². The van der Waals surface area contributed by atoms with Gasteiger partial charge in [0.2, 0.25) is 0 Å². The van der Waals surface area contributed by atoms with Gasteiger partial charge >= 0.3 is 0 Å². The molecule has 8 heteroatoms. The molecule has 1 saturated heterocycles. The van der Waals surface area contributed by atoms with Gasteiger partial charge in [0.15, 0.2) is 0 Å². The smallest absolute Gasteiger partial charge is 0.125 e. The number of rotatable bonds is 3. The summed E-state index contributed by atoms with van der Waals surface area (Å²) in [4.78, 5) is 11.5. The Balaban J connectivity index is 1.98. The fraction of sp³-hybridized carbons (Fsp3) is 0.500. The van der Waals surface area contributed by atoms with Crippen LogP contribution < -0.4 is 0 Å². The van der Waals surface area contributed by atoms with E-state index >= 15 is 0 Å². The van der Waals surface area contributed by atoms with E-state index in [-0.39, 0.29) is 6.61 Å². The molecular formula is C12H15N3O4S. The van der Waals surface area contributed by atoms with E-state index < -0.39 is 24.4 Å². The van der Waals surface area contributed by atoms with Crippen molar-refractivity contribution in [2.75, 3.05) is 12.9 Å². The number of nitrogens with one attached hydrogen (secondary N) is 1. The number of aliphatic hydroxyl groups is 3. The van der Waals surface area contributed by atoms with Crippen molar-refractivity contribution in [2.24, 2.45) is 0 Å². The molecule has 0 bridgehead atoms. The zero-order valence-electron chi connectivity index (χ0n) is 10.7. The molecule has 108 valence electrons. The molecule has 3 rings (SSSR count). The number of fused-ring (bicyclic) bond motifs is 1. The second kappa shape index (κ2) is 5.30. The van der Waals surface area contributed by atoms with Crippen molar-refractivity contribution in [1.29, 1.82) is 0 Å². The third-order valence-corrected chi connectivity index (χ3v) is 4.18. The average Bonchev–Trinajstić information content (AvgIpc) is 3.01. The van der Waals surface area contributed by atoms with Crippen LogP contribution in [-0.2, 0) is 4.74 Å². The van der Waals surface area contributed by atoms with Crippen molar-refractivity contribution < 1.29 is 20.1 Å². The predicted molar refractivity (Wildman–Crippen MR) is 71.5 cm³/mol. The van der Waals surface area contributed by atoms with Crippen molar-refractivity contribution >= 4 is 11.8 Å². The number of hydrogen-bond acceptors (Lipinski definition) is 7. The Hall–Kier alpha value is -1.19. The summed E-state index contributed by atoms with van der Waals surface area (Å²) < 4.78 is 5.52. The van der Waals surface area contributed by atoms with Gasteiger partial charge in [-0.2, -0.15) is 0 Å².